The van der Waals surface area contributed by atoms with Gasteiger partial charge < -0.3 is 0 Å². The van der Waals surface area contributed by atoms with Crippen molar-refractivity contribution in [2.45, 2.75) is 27.2 Å². The first-order valence-corrected chi connectivity index (χ1v) is 4.79. The van der Waals surface area contributed by atoms with Crippen molar-refractivity contribution in [2.24, 2.45) is 5.41 Å². The van der Waals surface area contributed by atoms with Crippen LogP contribution in [0.25, 0.3) is 0 Å². The van der Waals surface area contributed by atoms with Crippen molar-refractivity contribution < 1.29 is 14.4 Å². The summed E-state index contributed by atoms with van der Waals surface area (Å²) in [5, 5.41) is 4.20. The Hall–Kier alpha value is -1.65. The van der Waals surface area contributed by atoms with Crippen LogP contribution in [0.1, 0.15) is 27.2 Å². The molecule has 15 heavy (non-hydrogen) atoms. The number of hydrogen-bond donors (Lipinski definition) is 2. The number of carbonyl (C=O) groups is 3. The summed E-state index contributed by atoms with van der Waals surface area (Å²) in [5.74, 6) is -1.13. The van der Waals surface area contributed by atoms with E-state index in [9.17, 15) is 14.4 Å². The predicted octanol–water partition coefficient (Wildman–Crippen LogP) is 0.715. The first kappa shape index (κ1) is 11.4. The van der Waals surface area contributed by atoms with Crippen molar-refractivity contribution in [2.75, 3.05) is 0 Å². The zero-order valence-corrected chi connectivity index (χ0v) is 9.01. The van der Waals surface area contributed by atoms with Gasteiger partial charge in [0.2, 0.25) is 11.8 Å². The molecule has 0 aromatic carbocycles. The zero-order valence-electron chi connectivity index (χ0n) is 9.01. The molecule has 0 aromatic heterocycles. The Morgan fingerprint density at radius 3 is 2.07 bits per heavy atom. The molecule has 1 heterocycles. The molecule has 5 heteroatoms. The van der Waals surface area contributed by atoms with E-state index in [0.29, 0.717) is 12.0 Å². The smallest absolute Gasteiger partial charge is 0.277 e. The number of imide groups is 2. The molecule has 2 N–H and O–H groups in total. The maximum absolute atomic E-state index is 11.7. The predicted molar refractivity (Wildman–Crippen MR) is 53.8 cm³/mol. The summed E-state index contributed by atoms with van der Waals surface area (Å²) in [6.45, 7) is 5.14. The molecule has 0 spiro atoms. The van der Waals surface area contributed by atoms with Gasteiger partial charge in [-0.3, -0.25) is 20.2 Å². The Bertz CT molecular complexity index is 338. The van der Waals surface area contributed by atoms with Gasteiger partial charge in [0.25, 0.3) is 0 Å². The highest BCUT2D eigenvalue weighted by atomic mass is 16.2. The highest BCUT2D eigenvalue weighted by Gasteiger charge is 2.48. The van der Waals surface area contributed by atoms with Crippen molar-refractivity contribution in [3.63, 3.8) is 0 Å². The molecule has 1 aliphatic rings. The van der Waals surface area contributed by atoms with E-state index < -0.39 is 23.3 Å². The fourth-order valence-corrected chi connectivity index (χ4v) is 1.73. The van der Waals surface area contributed by atoms with E-state index in [-0.39, 0.29) is 0 Å². The minimum absolute atomic E-state index is 0.564. The van der Waals surface area contributed by atoms with Crippen molar-refractivity contribution >= 4 is 17.8 Å². The van der Waals surface area contributed by atoms with Crippen LogP contribution in [0.15, 0.2) is 11.6 Å². The largest absolute Gasteiger partial charge is 0.328 e. The lowest BCUT2D eigenvalue weighted by Gasteiger charge is -2.32. The Labute approximate surface area is 87.9 Å². The Kier molecular flexibility index (Phi) is 2.93. The molecule has 1 rings (SSSR count). The number of nitrogens with one attached hydrogen (secondary N) is 2. The van der Waals surface area contributed by atoms with Crippen molar-refractivity contribution in [1.82, 2.24) is 10.6 Å². The van der Waals surface area contributed by atoms with Gasteiger partial charge in [0.1, 0.15) is 5.41 Å². The first-order valence-electron chi connectivity index (χ1n) is 4.79. The van der Waals surface area contributed by atoms with E-state index in [1.807, 2.05) is 6.92 Å². The summed E-state index contributed by atoms with van der Waals surface area (Å²) in [4.78, 5) is 34.2. The van der Waals surface area contributed by atoms with Crippen LogP contribution >= 0.6 is 0 Å². The van der Waals surface area contributed by atoms with Crippen LogP contribution in [0.2, 0.25) is 0 Å². The summed E-state index contributed by atoms with van der Waals surface area (Å²) >= 11 is 0. The van der Waals surface area contributed by atoms with Crippen LogP contribution in [0.3, 0.4) is 0 Å². The molecule has 5 nitrogen and oxygen atoms in total. The lowest BCUT2D eigenvalue weighted by molar-refractivity contribution is -0.140. The topological polar surface area (TPSA) is 75.3 Å². The van der Waals surface area contributed by atoms with E-state index in [1.54, 1.807) is 13.0 Å². The minimum Gasteiger partial charge on any atom is -0.277 e. The van der Waals surface area contributed by atoms with E-state index in [4.69, 9.17) is 0 Å². The lowest BCUT2D eigenvalue weighted by atomic mass is 9.77. The summed E-state index contributed by atoms with van der Waals surface area (Å²) in [6.07, 6.45) is 2.32. The number of barbiturate groups is 1. The van der Waals surface area contributed by atoms with Crippen LogP contribution in [0.4, 0.5) is 4.79 Å². The van der Waals surface area contributed by atoms with E-state index in [1.165, 1.54) is 6.92 Å². The normalized spacial score (nSPS) is 21.0. The molecular formula is C10H14N2O3. The van der Waals surface area contributed by atoms with Crippen molar-refractivity contribution in [1.29, 1.82) is 0 Å². The standard InChI is InChI=1S/C10H14N2O3/c1-4-6(5-2)10(3)7(13)11-9(15)12-8(10)14/h4H,5H2,1-3H3,(H2,11,12,13,14,15). The van der Waals surface area contributed by atoms with E-state index >= 15 is 0 Å². The van der Waals surface area contributed by atoms with Gasteiger partial charge in [0.05, 0.1) is 0 Å². The monoisotopic (exact) mass is 210 g/mol. The van der Waals surface area contributed by atoms with Gasteiger partial charge >= 0.3 is 6.03 Å². The van der Waals surface area contributed by atoms with Crippen LogP contribution in [-0.4, -0.2) is 17.8 Å². The fraction of sp³-hybridized carbons (Fsp3) is 0.500. The molecule has 0 radical (unpaired) electrons. The SMILES string of the molecule is CC=C(CC)C1(C)C(=O)NC(=O)NC1=O. The molecule has 0 bridgehead atoms. The van der Waals surface area contributed by atoms with E-state index in [2.05, 4.69) is 10.6 Å². The van der Waals surface area contributed by atoms with Crippen LogP contribution in [0, 0.1) is 5.41 Å². The van der Waals surface area contributed by atoms with Gasteiger partial charge in [-0.1, -0.05) is 18.6 Å². The molecule has 0 atom stereocenters. The second-order valence-electron chi connectivity index (χ2n) is 3.53. The molecular weight excluding hydrogens is 196 g/mol. The number of urea groups is 1. The van der Waals surface area contributed by atoms with E-state index in [0.717, 1.165) is 0 Å². The van der Waals surface area contributed by atoms with Crippen LogP contribution in [-0.2, 0) is 9.59 Å². The summed E-state index contributed by atoms with van der Waals surface area (Å²) < 4.78 is 0. The van der Waals surface area contributed by atoms with Gasteiger partial charge in [0, 0.05) is 0 Å². The van der Waals surface area contributed by atoms with Crippen LogP contribution in [0.5, 0.6) is 0 Å². The molecule has 82 valence electrons. The van der Waals surface area contributed by atoms with Gasteiger partial charge in [0.15, 0.2) is 0 Å². The number of hydrogen-bond acceptors (Lipinski definition) is 3. The van der Waals surface area contributed by atoms with Gasteiger partial charge in [-0.05, 0) is 20.3 Å². The molecule has 1 saturated heterocycles. The van der Waals surface area contributed by atoms with Crippen molar-refractivity contribution in [3.05, 3.63) is 11.6 Å². The second-order valence-corrected chi connectivity index (χ2v) is 3.53. The molecule has 1 fully saturated rings. The summed E-state index contributed by atoms with van der Waals surface area (Å²) in [5.41, 5.74) is -0.567. The number of rotatable bonds is 2. The number of amides is 4. The minimum atomic E-state index is -1.27. The molecule has 0 aromatic rings. The molecule has 0 aliphatic carbocycles. The number of allylic oxidation sites excluding steroid dienone is 1. The zero-order chi connectivity index (χ0) is 11.6. The first-order chi connectivity index (χ1) is 6.96. The Balaban J connectivity index is 3.16. The third-order valence-electron chi connectivity index (χ3n) is 2.73. The summed E-state index contributed by atoms with van der Waals surface area (Å²) in [7, 11) is 0. The van der Waals surface area contributed by atoms with Crippen LogP contribution < -0.4 is 10.6 Å². The van der Waals surface area contributed by atoms with Crippen molar-refractivity contribution in [3.8, 4) is 0 Å². The molecule has 0 unspecified atom stereocenters. The summed E-state index contributed by atoms with van der Waals surface area (Å²) in [6, 6.07) is -0.756. The quantitative estimate of drug-likeness (QED) is 0.520. The third kappa shape index (κ3) is 1.65. The highest BCUT2D eigenvalue weighted by Crippen LogP contribution is 2.31. The Morgan fingerprint density at radius 1 is 1.27 bits per heavy atom. The van der Waals surface area contributed by atoms with Gasteiger partial charge in [-0.2, -0.15) is 0 Å². The molecule has 0 saturated carbocycles. The maximum atomic E-state index is 11.7. The second kappa shape index (κ2) is 3.84. The highest BCUT2D eigenvalue weighted by molar-refractivity contribution is 6.20. The maximum Gasteiger partial charge on any atom is 0.328 e. The Morgan fingerprint density at radius 2 is 1.73 bits per heavy atom. The molecule has 1 aliphatic heterocycles. The van der Waals surface area contributed by atoms with Gasteiger partial charge in [-0.15, -0.1) is 0 Å². The molecule has 4 amide bonds. The third-order valence-corrected chi connectivity index (χ3v) is 2.73. The van der Waals surface area contributed by atoms with Gasteiger partial charge in [-0.25, -0.2) is 4.79 Å². The fourth-order valence-electron chi connectivity index (χ4n) is 1.73. The number of carbonyl (C=O) groups excluding carboxylic acids is 3. The average Bonchev–Trinajstić information content (AvgIpc) is 2.16. The lowest BCUT2D eigenvalue weighted by Crippen LogP contribution is -2.61. The average molecular weight is 210 g/mol.